The third kappa shape index (κ3) is 3.74. The molecule has 1 heterocycles. The second kappa shape index (κ2) is 7.70. The fourth-order valence-electron chi connectivity index (χ4n) is 3.17. The largest absolute Gasteiger partial charge is 0.507 e. The molecule has 0 spiro atoms. The van der Waals surface area contributed by atoms with E-state index in [2.05, 4.69) is 4.98 Å². The highest BCUT2D eigenvalue weighted by Crippen LogP contribution is 2.30. The fraction of sp³-hybridized carbons (Fsp3) is 0.238. The minimum atomic E-state index is -0.662. The molecule has 0 saturated carbocycles. The van der Waals surface area contributed by atoms with Crippen molar-refractivity contribution >= 4 is 0 Å². The Morgan fingerprint density at radius 3 is 2.56 bits per heavy atom. The number of phenolic OH excluding ortho intramolecular Hbond substituents is 1. The Hall–Kier alpha value is -3.02. The zero-order valence-corrected chi connectivity index (χ0v) is 15.2. The smallest absolute Gasteiger partial charge is 0.257 e. The van der Waals surface area contributed by atoms with E-state index in [1.165, 1.54) is 34.9 Å². The van der Waals surface area contributed by atoms with Gasteiger partial charge in [-0.25, -0.2) is 13.8 Å². The Kier molecular flexibility index (Phi) is 5.35. The molecule has 0 bridgehead atoms. The normalized spacial score (nSPS) is 11.0. The first-order valence-corrected chi connectivity index (χ1v) is 8.75. The third-order valence-corrected chi connectivity index (χ3v) is 4.55. The molecule has 140 valence electrons. The van der Waals surface area contributed by atoms with Gasteiger partial charge in [0.05, 0.1) is 5.56 Å². The number of hydrogen-bond acceptors (Lipinski definition) is 3. The van der Waals surface area contributed by atoms with Gasteiger partial charge in [-0.15, -0.1) is 0 Å². The van der Waals surface area contributed by atoms with Crippen LogP contribution in [0.5, 0.6) is 5.75 Å². The molecule has 0 aliphatic heterocycles. The van der Waals surface area contributed by atoms with Gasteiger partial charge in [0.15, 0.2) is 0 Å². The van der Waals surface area contributed by atoms with Crippen LogP contribution in [-0.4, -0.2) is 14.7 Å². The summed E-state index contributed by atoms with van der Waals surface area (Å²) >= 11 is 0. The predicted molar refractivity (Wildman–Crippen MR) is 99.8 cm³/mol. The van der Waals surface area contributed by atoms with E-state index in [-0.39, 0.29) is 35.1 Å². The monoisotopic (exact) mass is 370 g/mol. The van der Waals surface area contributed by atoms with Crippen molar-refractivity contribution in [2.75, 3.05) is 0 Å². The van der Waals surface area contributed by atoms with Crippen LogP contribution < -0.4 is 5.56 Å². The summed E-state index contributed by atoms with van der Waals surface area (Å²) in [5.41, 5.74) is 1.36. The van der Waals surface area contributed by atoms with E-state index in [0.717, 1.165) is 0 Å². The molecule has 6 heteroatoms. The molecule has 0 fully saturated rings. The highest BCUT2D eigenvalue weighted by molar-refractivity contribution is 5.65. The number of nitrogens with zero attached hydrogens (tertiary/aromatic N) is 2. The number of rotatable bonds is 5. The number of hydrogen-bond donors (Lipinski definition) is 1. The third-order valence-electron chi connectivity index (χ3n) is 4.55. The van der Waals surface area contributed by atoms with Gasteiger partial charge in [0.1, 0.15) is 23.2 Å². The summed E-state index contributed by atoms with van der Waals surface area (Å²) in [6, 6.07) is 10.1. The zero-order valence-electron chi connectivity index (χ0n) is 15.2. The molecule has 0 saturated heterocycles. The lowest BCUT2D eigenvalue weighted by atomic mass is 10.1. The van der Waals surface area contributed by atoms with Crippen LogP contribution in [0.4, 0.5) is 8.78 Å². The van der Waals surface area contributed by atoms with Crippen molar-refractivity contribution in [1.29, 1.82) is 0 Å². The molecule has 27 heavy (non-hydrogen) atoms. The molecule has 0 unspecified atom stereocenters. The first-order chi connectivity index (χ1) is 12.9. The molecule has 1 aromatic heterocycles. The van der Waals surface area contributed by atoms with Crippen molar-refractivity contribution in [2.24, 2.45) is 0 Å². The van der Waals surface area contributed by atoms with Gasteiger partial charge in [0, 0.05) is 17.8 Å². The van der Waals surface area contributed by atoms with Gasteiger partial charge in [-0.05, 0) is 49.6 Å². The van der Waals surface area contributed by atoms with Gasteiger partial charge in [0.25, 0.3) is 5.56 Å². The first kappa shape index (κ1) is 18.8. The van der Waals surface area contributed by atoms with Crippen LogP contribution in [0.1, 0.15) is 23.7 Å². The fourth-order valence-corrected chi connectivity index (χ4v) is 3.17. The van der Waals surface area contributed by atoms with E-state index in [0.29, 0.717) is 29.7 Å². The number of aryl methyl sites for hydroxylation is 2. The van der Waals surface area contributed by atoms with Crippen molar-refractivity contribution < 1.29 is 13.9 Å². The van der Waals surface area contributed by atoms with Gasteiger partial charge < -0.3 is 5.11 Å². The Morgan fingerprint density at radius 2 is 1.89 bits per heavy atom. The Bertz CT molecular complexity index is 1020. The van der Waals surface area contributed by atoms with E-state index in [1.54, 1.807) is 19.1 Å². The number of phenols is 1. The lowest BCUT2D eigenvalue weighted by Crippen LogP contribution is -2.28. The second-order valence-electron chi connectivity index (χ2n) is 6.32. The summed E-state index contributed by atoms with van der Waals surface area (Å²) in [5.74, 6) is -1.24. The number of benzene rings is 2. The van der Waals surface area contributed by atoms with Crippen molar-refractivity contribution in [3.8, 4) is 17.1 Å². The highest BCUT2D eigenvalue weighted by Gasteiger charge is 2.20. The summed E-state index contributed by atoms with van der Waals surface area (Å²) in [4.78, 5) is 17.4. The van der Waals surface area contributed by atoms with Crippen LogP contribution in [0.25, 0.3) is 11.4 Å². The maximum absolute atomic E-state index is 14.4. The molecule has 3 rings (SSSR count). The maximum Gasteiger partial charge on any atom is 0.257 e. The minimum Gasteiger partial charge on any atom is -0.507 e. The minimum absolute atomic E-state index is 0.0710. The van der Waals surface area contributed by atoms with Gasteiger partial charge in [0.2, 0.25) is 0 Å². The molecular weight excluding hydrogens is 350 g/mol. The molecule has 0 radical (unpaired) electrons. The average molecular weight is 370 g/mol. The Morgan fingerprint density at radius 1 is 1.15 bits per heavy atom. The summed E-state index contributed by atoms with van der Waals surface area (Å²) in [6.07, 6.45) is 0.856. The second-order valence-corrected chi connectivity index (χ2v) is 6.32. The van der Waals surface area contributed by atoms with Gasteiger partial charge >= 0.3 is 0 Å². The van der Waals surface area contributed by atoms with Crippen molar-refractivity contribution in [1.82, 2.24) is 9.55 Å². The number of aromatic hydroxyl groups is 1. The van der Waals surface area contributed by atoms with Crippen LogP contribution in [0.3, 0.4) is 0 Å². The van der Waals surface area contributed by atoms with Gasteiger partial charge in [-0.1, -0.05) is 25.1 Å². The van der Waals surface area contributed by atoms with Crippen LogP contribution >= 0.6 is 0 Å². The van der Waals surface area contributed by atoms with Crippen molar-refractivity contribution in [3.63, 3.8) is 0 Å². The van der Waals surface area contributed by atoms with Crippen LogP contribution in [-0.2, 0) is 19.4 Å². The predicted octanol–water partition coefficient (Wildman–Crippen LogP) is 4.01. The standard InChI is InChI=1S/C21H20F2N2O2/c1-3-16-13(2)24-20(19-17(23)8-5-9-18(19)26)25(21(16)27)11-10-14-6-4-7-15(22)12-14/h4-9,12,26H,3,10-11H2,1-2H3. The van der Waals surface area contributed by atoms with Crippen LogP contribution in [0.2, 0.25) is 0 Å². The highest BCUT2D eigenvalue weighted by atomic mass is 19.1. The average Bonchev–Trinajstić information content (AvgIpc) is 2.61. The van der Waals surface area contributed by atoms with E-state index < -0.39 is 5.82 Å². The molecule has 0 aliphatic carbocycles. The van der Waals surface area contributed by atoms with Crippen LogP contribution in [0.15, 0.2) is 47.3 Å². The van der Waals surface area contributed by atoms with Crippen molar-refractivity contribution in [3.05, 3.63) is 81.3 Å². The molecule has 3 aromatic rings. The van der Waals surface area contributed by atoms with Gasteiger partial charge in [-0.2, -0.15) is 0 Å². The molecular formula is C21H20F2N2O2. The van der Waals surface area contributed by atoms with E-state index >= 15 is 0 Å². The molecule has 1 N–H and O–H groups in total. The molecule has 0 amide bonds. The Balaban J connectivity index is 2.14. The molecule has 2 aromatic carbocycles. The zero-order chi connectivity index (χ0) is 19.6. The Labute approximate surface area is 155 Å². The topological polar surface area (TPSA) is 55.1 Å². The SMILES string of the molecule is CCc1c(C)nc(-c2c(O)cccc2F)n(CCc2cccc(F)c2)c1=O. The maximum atomic E-state index is 14.4. The van der Waals surface area contributed by atoms with E-state index in [9.17, 15) is 18.7 Å². The number of aromatic nitrogens is 2. The molecule has 0 aliphatic rings. The summed E-state index contributed by atoms with van der Waals surface area (Å²) in [7, 11) is 0. The van der Waals surface area contributed by atoms with Crippen molar-refractivity contribution in [2.45, 2.75) is 33.2 Å². The van der Waals surface area contributed by atoms with E-state index in [1.807, 2.05) is 6.92 Å². The van der Waals surface area contributed by atoms with Gasteiger partial charge in [-0.3, -0.25) is 9.36 Å². The van der Waals surface area contributed by atoms with Crippen LogP contribution in [0, 0.1) is 18.6 Å². The summed E-state index contributed by atoms with van der Waals surface area (Å²) in [5, 5.41) is 10.2. The summed E-state index contributed by atoms with van der Waals surface area (Å²) in [6.45, 7) is 3.73. The lowest BCUT2D eigenvalue weighted by Gasteiger charge is -2.17. The quantitative estimate of drug-likeness (QED) is 0.738. The molecule has 0 atom stereocenters. The summed E-state index contributed by atoms with van der Waals surface area (Å²) < 4.78 is 29.2. The lowest BCUT2D eigenvalue weighted by molar-refractivity contribution is 0.470. The number of halogens is 2. The van der Waals surface area contributed by atoms with E-state index in [4.69, 9.17) is 0 Å². The first-order valence-electron chi connectivity index (χ1n) is 8.75. The molecule has 4 nitrogen and oxygen atoms in total.